The highest BCUT2D eigenvalue weighted by Gasteiger charge is 2.56. The molecule has 7 heteroatoms. The summed E-state index contributed by atoms with van der Waals surface area (Å²) < 4.78 is 1.53. The van der Waals surface area contributed by atoms with Crippen molar-refractivity contribution in [3.05, 3.63) is 58.5 Å². The van der Waals surface area contributed by atoms with Gasteiger partial charge in [0.15, 0.2) is 0 Å². The summed E-state index contributed by atoms with van der Waals surface area (Å²) in [4.78, 5) is 44.0. The number of benzene rings is 1. The fourth-order valence-corrected chi connectivity index (χ4v) is 7.45. The van der Waals surface area contributed by atoms with Gasteiger partial charge in [0.2, 0.25) is 5.91 Å². The van der Waals surface area contributed by atoms with Gasteiger partial charge >= 0.3 is 0 Å². The van der Waals surface area contributed by atoms with E-state index in [1.165, 1.54) is 22.0 Å². The summed E-state index contributed by atoms with van der Waals surface area (Å²) >= 11 is 0. The molecule has 0 radical (unpaired) electrons. The van der Waals surface area contributed by atoms with Gasteiger partial charge in [0, 0.05) is 55.8 Å². The van der Waals surface area contributed by atoms with Gasteiger partial charge in [0.05, 0.1) is 17.7 Å². The van der Waals surface area contributed by atoms with E-state index in [0.29, 0.717) is 30.6 Å². The van der Waals surface area contributed by atoms with Gasteiger partial charge in [0.25, 0.3) is 11.5 Å². The first-order chi connectivity index (χ1) is 18.6. The van der Waals surface area contributed by atoms with Gasteiger partial charge in [-0.3, -0.25) is 14.4 Å². The average molecular weight is 534 g/mol. The van der Waals surface area contributed by atoms with E-state index in [4.69, 9.17) is 0 Å². The number of aliphatic hydroxyl groups is 1. The van der Waals surface area contributed by atoms with Crippen molar-refractivity contribution in [3.8, 4) is 11.1 Å². The van der Waals surface area contributed by atoms with Gasteiger partial charge in [0.1, 0.15) is 0 Å². The van der Waals surface area contributed by atoms with Crippen LogP contribution in [0.15, 0.2) is 47.4 Å². The molecule has 1 atom stereocenters. The lowest BCUT2D eigenvalue weighted by atomic mass is 9.65. The average Bonchev–Trinajstić information content (AvgIpc) is 3.41. The van der Waals surface area contributed by atoms with Crippen LogP contribution in [0.2, 0.25) is 0 Å². The Hall–Kier alpha value is -2.93. The van der Waals surface area contributed by atoms with E-state index in [9.17, 15) is 19.5 Å². The first-order valence-electron chi connectivity index (χ1n) is 14.6. The summed E-state index contributed by atoms with van der Waals surface area (Å²) in [5, 5.41) is 12.3. The number of nitrogens with zero attached hydrogens (tertiary/aromatic N) is 3. The fourth-order valence-electron chi connectivity index (χ4n) is 7.45. The maximum Gasteiger partial charge on any atom is 0.255 e. The Kier molecular flexibility index (Phi) is 7.49. The lowest BCUT2D eigenvalue weighted by Gasteiger charge is -2.53. The van der Waals surface area contributed by atoms with Crippen LogP contribution in [0.25, 0.3) is 11.1 Å². The molecule has 2 aliphatic carbocycles. The van der Waals surface area contributed by atoms with E-state index >= 15 is 0 Å². The molecule has 2 heterocycles. The zero-order chi connectivity index (χ0) is 27.8. The number of hydrogen-bond donors (Lipinski definition) is 1. The van der Waals surface area contributed by atoms with Crippen molar-refractivity contribution in [1.82, 2.24) is 14.4 Å². The van der Waals surface area contributed by atoms with Crippen LogP contribution in [0.3, 0.4) is 0 Å². The molecule has 1 unspecified atom stereocenters. The molecular weight excluding hydrogens is 490 g/mol. The standard InChI is InChI=1S/C32H43N3O4/c1-30(14-8-5-9-15-30)29(38)34-19-18-32(39,31(22-34)16-10-11-17-31)23-35-21-26(28(37)33(2)3)25(20-27(35)36)24-12-6-4-7-13-24/h4,6-7,12-13,20-21,39H,5,8-11,14-19,22-23H2,1-3H3. The van der Waals surface area contributed by atoms with Crippen molar-refractivity contribution in [2.24, 2.45) is 10.8 Å². The molecule has 2 saturated carbocycles. The quantitative estimate of drug-likeness (QED) is 0.603. The normalized spacial score (nSPS) is 24.1. The number of hydrogen-bond acceptors (Lipinski definition) is 4. The zero-order valence-corrected chi connectivity index (χ0v) is 23.7. The van der Waals surface area contributed by atoms with Crippen LogP contribution in [0.5, 0.6) is 0 Å². The second-order valence-electron chi connectivity index (χ2n) is 12.7. The molecule has 3 fully saturated rings. The maximum atomic E-state index is 13.7. The molecule has 1 N–H and O–H groups in total. The number of amides is 2. The Bertz CT molecular complexity index is 1270. The largest absolute Gasteiger partial charge is 0.387 e. The van der Waals surface area contributed by atoms with Crippen LogP contribution in [0.4, 0.5) is 0 Å². The number of pyridine rings is 1. The Labute approximate surface area is 231 Å². The van der Waals surface area contributed by atoms with E-state index < -0.39 is 11.0 Å². The highest BCUT2D eigenvalue weighted by atomic mass is 16.3. The molecule has 210 valence electrons. The summed E-state index contributed by atoms with van der Waals surface area (Å²) in [6, 6.07) is 11.0. The number of carbonyl (C=O) groups is 2. The minimum absolute atomic E-state index is 0.119. The molecule has 3 aliphatic rings. The first kappa shape index (κ1) is 27.6. The van der Waals surface area contributed by atoms with Crippen LogP contribution in [-0.2, 0) is 11.3 Å². The summed E-state index contributed by atoms with van der Waals surface area (Å²) in [7, 11) is 3.40. The molecular formula is C32H43N3O4. The van der Waals surface area contributed by atoms with Gasteiger partial charge in [-0.05, 0) is 37.7 Å². The van der Waals surface area contributed by atoms with Gasteiger partial charge < -0.3 is 19.5 Å². The maximum absolute atomic E-state index is 13.7. The van der Waals surface area contributed by atoms with Crippen LogP contribution in [0.1, 0.15) is 81.5 Å². The SMILES string of the molecule is CN(C)C(=O)c1cn(CC2(O)CCN(C(=O)C3(C)CCCCC3)CC23CCCC3)c(=O)cc1-c1ccccc1. The van der Waals surface area contributed by atoms with E-state index in [1.807, 2.05) is 35.2 Å². The van der Waals surface area contributed by atoms with E-state index in [1.54, 1.807) is 20.3 Å². The van der Waals surface area contributed by atoms with Crippen molar-refractivity contribution in [2.45, 2.75) is 83.3 Å². The van der Waals surface area contributed by atoms with Gasteiger partial charge in [-0.25, -0.2) is 0 Å². The molecule has 39 heavy (non-hydrogen) atoms. The Morgan fingerprint density at radius 1 is 0.949 bits per heavy atom. The lowest BCUT2D eigenvalue weighted by Crippen LogP contribution is -2.63. The number of aromatic nitrogens is 1. The van der Waals surface area contributed by atoms with Gasteiger partial charge in [-0.1, -0.05) is 69.4 Å². The van der Waals surface area contributed by atoms with Crippen LogP contribution < -0.4 is 5.56 Å². The molecule has 1 spiro atoms. The third-order valence-corrected chi connectivity index (χ3v) is 9.88. The van der Waals surface area contributed by atoms with E-state index in [2.05, 4.69) is 6.92 Å². The van der Waals surface area contributed by atoms with Crippen LogP contribution in [-0.4, -0.2) is 64.1 Å². The summed E-state index contributed by atoms with van der Waals surface area (Å²) in [6.07, 6.45) is 11.0. The van der Waals surface area contributed by atoms with Crippen molar-refractivity contribution in [2.75, 3.05) is 27.2 Å². The second kappa shape index (κ2) is 10.6. The first-order valence-corrected chi connectivity index (χ1v) is 14.6. The Morgan fingerprint density at radius 3 is 2.23 bits per heavy atom. The molecule has 1 aromatic carbocycles. The van der Waals surface area contributed by atoms with Crippen molar-refractivity contribution >= 4 is 11.8 Å². The van der Waals surface area contributed by atoms with E-state index in [0.717, 1.165) is 56.9 Å². The highest BCUT2D eigenvalue weighted by Crippen LogP contribution is 2.52. The third kappa shape index (κ3) is 5.06. The van der Waals surface area contributed by atoms with Crippen LogP contribution in [0, 0.1) is 10.8 Å². The monoisotopic (exact) mass is 533 g/mol. The van der Waals surface area contributed by atoms with Crippen molar-refractivity contribution in [3.63, 3.8) is 0 Å². The van der Waals surface area contributed by atoms with Crippen molar-refractivity contribution < 1.29 is 14.7 Å². The minimum Gasteiger partial charge on any atom is -0.387 e. The summed E-state index contributed by atoms with van der Waals surface area (Å²) in [5.74, 6) is 0.0464. The topological polar surface area (TPSA) is 82.8 Å². The number of rotatable bonds is 5. The predicted octanol–water partition coefficient (Wildman–Crippen LogP) is 4.71. The molecule has 7 nitrogen and oxygen atoms in total. The number of likely N-dealkylation sites (tertiary alicyclic amines) is 1. The number of piperidine rings is 1. The molecule has 5 rings (SSSR count). The summed E-state index contributed by atoms with van der Waals surface area (Å²) in [6.45, 7) is 3.27. The van der Waals surface area contributed by atoms with Crippen molar-refractivity contribution in [1.29, 1.82) is 0 Å². The Morgan fingerprint density at radius 2 is 1.59 bits per heavy atom. The fraction of sp³-hybridized carbons (Fsp3) is 0.594. The third-order valence-electron chi connectivity index (χ3n) is 9.88. The summed E-state index contributed by atoms with van der Waals surface area (Å²) in [5.41, 5.74) is -0.287. The van der Waals surface area contributed by atoms with Crippen LogP contribution >= 0.6 is 0 Å². The number of carbonyl (C=O) groups excluding carboxylic acids is 2. The zero-order valence-electron chi connectivity index (χ0n) is 23.7. The molecule has 1 aromatic heterocycles. The smallest absolute Gasteiger partial charge is 0.255 e. The molecule has 1 aliphatic heterocycles. The molecule has 2 aromatic rings. The van der Waals surface area contributed by atoms with Gasteiger partial charge in [-0.2, -0.15) is 0 Å². The predicted molar refractivity (Wildman–Crippen MR) is 152 cm³/mol. The molecule has 1 saturated heterocycles. The molecule has 0 bridgehead atoms. The van der Waals surface area contributed by atoms with E-state index in [-0.39, 0.29) is 29.3 Å². The highest BCUT2D eigenvalue weighted by molar-refractivity contribution is 6.00. The Balaban J connectivity index is 1.47. The second-order valence-corrected chi connectivity index (χ2v) is 12.7. The lowest BCUT2D eigenvalue weighted by molar-refractivity contribution is -0.168. The minimum atomic E-state index is -1.13. The molecule has 2 amide bonds. The van der Waals surface area contributed by atoms with Gasteiger partial charge in [-0.15, -0.1) is 0 Å².